The number of hydrogen-bond acceptors (Lipinski definition) is 7. The van der Waals surface area contributed by atoms with Gasteiger partial charge >= 0.3 is 0 Å². The maximum absolute atomic E-state index is 15.0. The number of piperidine rings is 1. The van der Waals surface area contributed by atoms with Gasteiger partial charge in [-0.25, -0.2) is 14.4 Å². The molecule has 2 bridgehead atoms. The van der Waals surface area contributed by atoms with Gasteiger partial charge in [0, 0.05) is 42.7 Å². The summed E-state index contributed by atoms with van der Waals surface area (Å²) in [6.07, 6.45) is 8.25. The van der Waals surface area contributed by atoms with Crippen molar-refractivity contribution >= 4 is 5.95 Å². The van der Waals surface area contributed by atoms with Crippen LogP contribution in [0.4, 0.5) is 10.3 Å². The second-order valence-electron chi connectivity index (χ2n) is 8.49. The number of phenolic OH excluding ortho intramolecular Hbond substituents is 1. The standard InChI is InChI=1S/C21H24FN7O/c1-21-6-5-15(25-21)19(22)17(10-21)28(2)20-24-11-16(26-27-20)14-4-3-13(9-18(14)30)29-8-7-23-12-29/h3-4,7-9,11-12,15,17,19,25,30H,5-6,10H2,1-2H3/t15?,17-,19+,21-/m0/s1. The summed E-state index contributed by atoms with van der Waals surface area (Å²) in [5.74, 6) is 0.455. The van der Waals surface area contributed by atoms with E-state index >= 15 is 0 Å². The molecule has 2 aliphatic heterocycles. The Morgan fingerprint density at radius 1 is 1.33 bits per heavy atom. The molecule has 5 rings (SSSR count). The first kappa shape index (κ1) is 18.9. The van der Waals surface area contributed by atoms with E-state index < -0.39 is 6.17 Å². The summed E-state index contributed by atoms with van der Waals surface area (Å²) in [5, 5.41) is 22.3. The number of nitrogens with zero attached hydrogens (tertiary/aromatic N) is 6. The highest BCUT2D eigenvalue weighted by molar-refractivity contribution is 5.68. The average Bonchev–Trinajstić information content (AvgIpc) is 3.39. The number of imidazole rings is 1. The van der Waals surface area contributed by atoms with Crippen molar-refractivity contribution in [2.75, 3.05) is 11.9 Å². The summed E-state index contributed by atoms with van der Waals surface area (Å²) in [4.78, 5) is 10.2. The lowest BCUT2D eigenvalue weighted by Crippen LogP contribution is -2.60. The average molecular weight is 409 g/mol. The Labute approximate surface area is 173 Å². The van der Waals surface area contributed by atoms with Crippen molar-refractivity contribution in [2.24, 2.45) is 0 Å². The van der Waals surface area contributed by atoms with Crippen LogP contribution in [0.1, 0.15) is 26.2 Å². The third-order valence-corrected chi connectivity index (χ3v) is 6.37. The zero-order chi connectivity index (χ0) is 20.9. The molecular weight excluding hydrogens is 385 g/mol. The third kappa shape index (κ3) is 3.19. The summed E-state index contributed by atoms with van der Waals surface area (Å²) in [6.45, 7) is 2.15. The number of aromatic hydroxyl groups is 1. The fourth-order valence-corrected chi connectivity index (χ4v) is 4.67. The molecule has 9 heteroatoms. The Hall–Kier alpha value is -3.07. The fourth-order valence-electron chi connectivity index (χ4n) is 4.67. The number of phenols is 1. The Bertz CT molecular complexity index is 1040. The van der Waals surface area contributed by atoms with E-state index in [2.05, 4.69) is 32.4 Å². The molecule has 2 saturated heterocycles. The Balaban J connectivity index is 1.37. The molecule has 0 radical (unpaired) electrons. The summed E-state index contributed by atoms with van der Waals surface area (Å²) >= 11 is 0. The van der Waals surface area contributed by atoms with Crippen molar-refractivity contribution in [3.63, 3.8) is 0 Å². The van der Waals surface area contributed by atoms with E-state index in [1.54, 1.807) is 46.5 Å². The zero-order valence-corrected chi connectivity index (χ0v) is 16.9. The van der Waals surface area contributed by atoms with Crippen molar-refractivity contribution < 1.29 is 9.50 Å². The van der Waals surface area contributed by atoms with Crippen molar-refractivity contribution in [3.8, 4) is 22.7 Å². The summed E-state index contributed by atoms with van der Waals surface area (Å²) < 4.78 is 16.8. The minimum absolute atomic E-state index is 0.0394. The van der Waals surface area contributed by atoms with Gasteiger partial charge in [-0.2, -0.15) is 0 Å². The Kier molecular flexibility index (Phi) is 4.43. The van der Waals surface area contributed by atoms with Gasteiger partial charge < -0.3 is 19.9 Å². The minimum Gasteiger partial charge on any atom is -0.507 e. The molecule has 2 fully saturated rings. The number of halogens is 1. The molecule has 156 valence electrons. The van der Waals surface area contributed by atoms with E-state index in [-0.39, 0.29) is 23.4 Å². The Morgan fingerprint density at radius 2 is 2.20 bits per heavy atom. The van der Waals surface area contributed by atoms with Gasteiger partial charge in [-0.1, -0.05) is 0 Å². The topological polar surface area (TPSA) is 92.0 Å². The van der Waals surface area contributed by atoms with E-state index in [0.717, 1.165) is 18.5 Å². The molecule has 0 aliphatic carbocycles. The number of hydrogen-bond donors (Lipinski definition) is 2. The third-order valence-electron chi connectivity index (χ3n) is 6.37. The van der Waals surface area contributed by atoms with Crippen LogP contribution in [0.25, 0.3) is 16.9 Å². The SMILES string of the molecule is CN(c1ncc(-c2ccc(-n3ccnc3)cc2O)nn1)[C@H]1C[C@]2(C)CCC(N2)[C@H]1F. The molecule has 2 N–H and O–H groups in total. The van der Waals surface area contributed by atoms with Crippen molar-refractivity contribution in [1.82, 2.24) is 30.0 Å². The van der Waals surface area contributed by atoms with Gasteiger partial charge in [0.15, 0.2) is 0 Å². The lowest BCUT2D eigenvalue weighted by atomic mass is 9.88. The summed E-state index contributed by atoms with van der Waals surface area (Å²) in [7, 11) is 1.82. The highest BCUT2D eigenvalue weighted by Crippen LogP contribution is 2.39. The predicted octanol–water partition coefficient (Wildman–Crippen LogP) is 2.49. The molecule has 0 saturated carbocycles. The second kappa shape index (κ2) is 7.02. The molecule has 0 spiro atoms. The van der Waals surface area contributed by atoms with Gasteiger partial charge in [0.25, 0.3) is 0 Å². The van der Waals surface area contributed by atoms with Crippen molar-refractivity contribution in [1.29, 1.82) is 0 Å². The van der Waals surface area contributed by atoms with Crippen LogP contribution in [0.2, 0.25) is 0 Å². The highest BCUT2D eigenvalue weighted by Gasteiger charge is 2.49. The smallest absolute Gasteiger partial charge is 0.245 e. The van der Waals surface area contributed by atoms with E-state index in [4.69, 9.17) is 0 Å². The molecule has 4 heterocycles. The Morgan fingerprint density at radius 3 is 2.90 bits per heavy atom. The van der Waals surface area contributed by atoms with Crippen molar-refractivity contribution in [3.05, 3.63) is 43.1 Å². The molecular formula is C21H24FN7O. The minimum atomic E-state index is -0.978. The second-order valence-corrected chi connectivity index (χ2v) is 8.49. The number of alkyl halides is 1. The molecule has 8 nitrogen and oxygen atoms in total. The van der Waals surface area contributed by atoms with Gasteiger partial charge in [-0.15, -0.1) is 10.2 Å². The van der Waals surface area contributed by atoms with Crippen LogP contribution in [0, 0.1) is 0 Å². The van der Waals surface area contributed by atoms with Crippen LogP contribution in [0.3, 0.4) is 0 Å². The number of rotatable bonds is 4. The van der Waals surface area contributed by atoms with Crippen LogP contribution < -0.4 is 10.2 Å². The molecule has 0 amide bonds. The number of aromatic nitrogens is 5. The van der Waals surface area contributed by atoms with Gasteiger partial charge in [0.2, 0.25) is 5.95 Å². The first-order chi connectivity index (χ1) is 14.4. The van der Waals surface area contributed by atoms with Crippen LogP contribution in [0.5, 0.6) is 5.75 Å². The molecule has 1 aromatic carbocycles. The number of anilines is 1. The lowest BCUT2D eigenvalue weighted by molar-refractivity contribution is 0.143. The number of fused-ring (bicyclic) bond motifs is 2. The maximum Gasteiger partial charge on any atom is 0.245 e. The normalized spacial score (nSPS) is 27.9. The van der Waals surface area contributed by atoms with Gasteiger partial charge in [-0.3, -0.25) is 0 Å². The van der Waals surface area contributed by atoms with E-state index in [1.165, 1.54) is 0 Å². The molecule has 3 aromatic rings. The van der Waals surface area contributed by atoms with E-state index in [1.807, 2.05) is 13.1 Å². The van der Waals surface area contributed by atoms with E-state index in [9.17, 15) is 9.50 Å². The fraction of sp³-hybridized carbons (Fsp3) is 0.429. The molecule has 2 aromatic heterocycles. The zero-order valence-electron chi connectivity index (χ0n) is 16.9. The monoisotopic (exact) mass is 409 g/mol. The molecule has 1 unspecified atom stereocenters. The van der Waals surface area contributed by atoms with Gasteiger partial charge in [0.1, 0.15) is 17.6 Å². The number of nitrogens with one attached hydrogen (secondary N) is 1. The maximum atomic E-state index is 15.0. The van der Waals surface area contributed by atoms with Crippen LogP contribution in [-0.2, 0) is 0 Å². The highest BCUT2D eigenvalue weighted by atomic mass is 19.1. The quantitative estimate of drug-likeness (QED) is 0.684. The molecule has 2 aliphatic rings. The van der Waals surface area contributed by atoms with E-state index in [0.29, 0.717) is 23.6 Å². The lowest BCUT2D eigenvalue weighted by Gasteiger charge is -2.42. The first-order valence-corrected chi connectivity index (χ1v) is 10.1. The molecule has 30 heavy (non-hydrogen) atoms. The largest absolute Gasteiger partial charge is 0.507 e. The van der Waals surface area contributed by atoms with Crippen LogP contribution in [-0.4, -0.2) is 60.7 Å². The van der Waals surface area contributed by atoms with Gasteiger partial charge in [-0.05, 0) is 38.3 Å². The van der Waals surface area contributed by atoms with Crippen LogP contribution >= 0.6 is 0 Å². The first-order valence-electron chi connectivity index (χ1n) is 10.1. The van der Waals surface area contributed by atoms with Gasteiger partial charge in [0.05, 0.1) is 24.3 Å². The summed E-state index contributed by atoms with van der Waals surface area (Å²) in [5.41, 5.74) is 1.73. The molecule has 4 atom stereocenters. The number of benzene rings is 1. The van der Waals surface area contributed by atoms with Crippen molar-refractivity contribution in [2.45, 2.75) is 50.0 Å². The summed E-state index contributed by atoms with van der Waals surface area (Å²) in [6, 6.07) is 4.85. The predicted molar refractivity (Wildman–Crippen MR) is 110 cm³/mol. The van der Waals surface area contributed by atoms with Crippen LogP contribution in [0.15, 0.2) is 43.1 Å².